The number of hydrogen-bond acceptors (Lipinski definition) is 5. The second kappa shape index (κ2) is 7.21. The highest BCUT2D eigenvalue weighted by Crippen LogP contribution is 2.35. The van der Waals surface area contributed by atoms with Crippen LogP contribution >= 0.6 is 0 Å². The molecule has 1 aliphatic heterocycles. The Hall–Kier alpha value is -1.76. The zero-order valence-electron chi connectivity index (χ0n) is 13.7. The van der Waals surface area contributed by atoms with Crippen molar-refractivity contribution in [3.63, 3.8) is 0 Å². The van der Waals surface area contributed by atoms with E-state index in [9.17, 15) is 13.2 Å². The highest BCUT2D eigenvalue weighted by atomic mass is 32.2. The number of rotatable bonds is 6. The van der Waals surface area contributed by atoms with E-state index in [-0.39, 0.29) is 30.7 Å². The molecule has 0 saturated carbocycles. The zero-order chi connectivity index (χ0) is 17.0. The first-order valence-electron chi connectivity index (χ1n) is 7.63. The van der Waals surface area contributed by atoms with Gasteiger partial charge in [-0.3, -0.25) is 4.79 Å². The number of ether oxygens (including phenoxy) is 2. The molecule has 7 heteroatoms. The standard InChI is InChI=1S/C16H23NO5S/c1-11(2)23(19,20)8-7-17-16(18)13-9-12-5-4-6-14(21-3)15(12)22-10-13/h4-6,11,13H,7-10H2,1-3H3,(H,17,18)/t13-/m0/s1. The van der Waals surface area contributed by atoms with E-state index in [2.05, 4.69) is 5.32 Å². The summed E-state index contributed by atoms with van der Waals surface area (Å²) >= 11 is 0. The molecule has 1 heterocycles. The third-order valence-corrected chi connectivity index (χ3v) is 6.16. The van der Waals surface area contributed by atoms with E-state index in [0.29, 0.717) is 17.9 Å². The number of para-hydroxylation sites is 1. The largest absolute Gasteiger partial charge is 0.493 e. The van der Waals surface area contributed by atoms with Gasteiger partial charge in [0.05, 0.1) is 24.0 Å². The first-order valence-corrected chi connectivity index (χ1v) is 9.34. The van der Waals surface area contributed by atoms with Gasteiger partial charge in [0.2, 0.25) is 5.91 Å². The van der Waals surface area contributed by atoms with E-state index >= 15 is 0 Å². The van der Waals surface area contributed by atoms with Gasteiger partial charge in [0, 0.05) is 6.54 Å². The molecular formula is C16H23NO5S. The van der Waals surface area contributed by atoms with Crippen LogP contribution in [0.3, 0.4) is 0 Å². The molecule has 1 aromatic rings. The minimum atomic E-state index is -3.14. The van der Waals surface area contributed by atoms with Crippen LogP contribution in [0.4, 0.5) is 0 Å². The van der Waals surface area contributed by atoms with Crippen LogP contribution in [0.5, 0.6) is 11.5 Å². The van der Waals surface area contributed by atoms with Crippen LogP contribution in [0.15, 0.2) is 18.2 Å². The first kappa shape index (κ1) is 17.6. The predicted molar refractivity (Wildman–Crippen MR) is 87.6 cm³/mol. The highest BCUT2D eigenvalue weighted by Gasteiger charge is 2.28. The fourth-order valence-corrected chi connectivity index (χ4v) is 3.28. The van der Waals surface area contributed by atoms with Crippen molar-refractivity contribution in [2.45, 2.75) is 25.5 Å². The summed E-state index contributed by atoms with van der Waals surface area (Å²) < 4.78 is 34.4. The average Bonchev–Trinajstić information content (AvgIpc) is 2.53. The van der Waals surface area contributed by atoms with Gasteiger partial charge in [0.25, 0.3) is 0 Å². The van der Waals surface area contributed by atoms with Crippen molar-refractivity contribution >= 4 is 15.7 Å². The van der Waals surface area contributed by atoms with E-state index < -0.39 is 15.1 Å². The van der Waals surface area contributed by atoms with Gasteiger partial charge >= 0.3 is 0 Å². The summed E-state index contributed by atoms with van der Waals surface area (Å²) in [5.74, 6) is 0.786. The Bertz CT molecular complexity index is 669. The lowest BCUT2D eigenvalue weighted by Crippen LogP contribution is -2.39. The van der Waals surface area contributed by atoms with E-state index in [1.54, 1.807) is 21.0 Å². The zero-order valence-corrected chi connectivity index (χ0v) is 14.5. The summed E-state index contributed by atoms with van der Waals surface area (Å²) in [6.45, 7) is 3.66. The van der Waals surface area contributed by atoms with Crippen LogP contribution in [0.25, 0.3) is 0 Å². The molecule has 0 saturated heterocycles. The molecule has 2 rings (SSSR count). The predicted octanol–water partition coefficient (Wildman–Crippen LogP) is 1.19. The molecule has 0 aromatic heterocycles. The third kappa shape index (κ3) is 4.16. The van der Waals surface area contributed by atoms with Crippen molar-refractivity contribution < 1.29 is 22.7 Å². The topological polar surface area (TPSA) is 81.7 Å². The van der Waals surface area contributed by atoms with Gasteiger partial charge in [-0.15, -0.1) is 0 Å². The van der Waals surface area contributed by atoms with Crippen molar-refractivity contribution in [2.24, 2.45) is 5.92 Å². The smallest absolute Gasteiger partial charge is 0.226 e. The lowest BCUT2D eigenvalue weighted by Gasteiger charge is -2.25. The number of sulfone groups is 1. The minimum absolute atomic E-state index is 0.0472. The van der Waals surface area contributed by atoms with E-state index in [0.717, 1.165) is 5.56 Å². The Labute approximate surface area is 137 Å². The number of carbonyl (C=O) groups excluding carboxylic acids is 1. The summed E-state index contributed by atoms with van der Waals surface area (Å²) in [6.07, 6.45) is 0.551. The Morgan fingerprint density at radius 3 is 2.83 bits per heavy atom. The second-order valence-corrected chi connectivity index (χ2v) is 8.54. The number of amides is 1. The molecule has 23 heavy (non-hydrogen) atoms. The number of methoxy groups -OCH3 is 1. The maximum absolute atomic E-state index is 12.2. The van der Waals surface area contributed by atoms with Crippen LogP contribution < -0.4 is 14.8 Å². The molecule has 0 unspecified atom stereocenters. The van der Waals surface area contributed by atoms with Crippen LogP contribution in [0, 0.1) is 5.92 Å². The van der Waals surface area contributed by atoms with Crippen molar-refractivity contribution in [1.29, 1.82) is 0 Å². The highest BCUT2D eigenvalue weighted by molar-refractivity contribution is 7.92. The molecule has 0 bridgehead atoms. The van der Waals surface area contributed by atoms with E-state index in [4.69, 9.17) is 9.47 Å². The van der Waals surface area contributed by atoms with Crippen molar-refractivity contribution in [2.75, 3.05) is 26.0 Å². The molecular weight excluding hydrogens is 318 g/mol. The number of benzene rings is 1. The molecule has 0 spiro atoms. The quantitative estimate of drug-likeness (QED) is 0.840. The summed E-state index contributed by atoms with van der Waals surface area (Å²) in [7, 11) is -1.57. The Morgan fingerprint density at radius 1 is 1.43 bits per heavy atom. The van der Waals surface area contributed by atoms with Crippen LogP contribution in [-0.2, 0) is 21.1 Å². The van der Waals surface area contributed by atoms with Crippen LogP contribution in [0.2, 0.25) is 0 Å². The molecule has 0 fully saturated rings. The molecule has 1 aromatic carbocycles. The van der Waals surface area contributed by atoms with Gasteiger partial charge in [-0.1, -0.05) is 12.1 Å². The molecule has 6 nitrogen and oxygen atoms in total. The molecule has 1 N–H and O–H groups in total. The summed E-state index contributed by atoms with van der Waals surface area (Å²) in [5, 5.41) is 2.26. The molecule has 1 aliphatic rings. The van der Waals surface area contributed by atoms with Gasteiger partial charge in [-0.25, -0.2) is 8.42 Å². The van der Waals surface area contributed by atoms with Crippen LogP contribution in [0.1, 0.15) is 19.4 Å². The maximum Gasteiger partial charge on any atom is 0.226 e. The average molecular weight is 341 g/mol. The lowest BCUT2D eigenvalue weighted by atomic mass is 9.95. The van der Waals surface area contributed by atoms with E-state index in [1.807, 2.05) is 18.2 Å². The number of carbonyl (C=O) groups is 1. The Kier molecular flexibility index (Phi) is 5.51. The lowest BCUT2D eigenvalue weighted by molar-refractivity contribution is -0.126. The van der Waals surface area contributed by atoms with Gasteiger partial charge in [-0.2, -0.15) is 0 Å². The molecule has 1 atom stereocenters. The van der Waals surface area contributed by atoms with Gasteiger partial charge in [-0.05, 0) is 31.9 Å². The number of fused-ring (bicyclic) bond motifs is 1. The summed E-state index contributed by atoms with van der Waals surface area (Å²) in [5.41, 5.74) is 0.922. The van der Waals surface area contributed by atoms with Crippen molar-refractivity contribution in [3.8, 4) is 11.5 Å². The fourth-order valence-electron chi connectivity index (χ4n) is 2.42. The first-order chi connectivity index (χ1) is 10.8. The summed E-state index contributed by atoms with van der Waals surface area (Å²) in [4.78, 5) is 12.2. The monoisotopic (exact) mass is 341 g/mol. The van der Waals surface area contributed by atoms with Gasteiger partial charge < -0.3 is 14.8 Å². The molecule has 0 radical (unpaired) electrons. The SMILES string of the molecule is COc1cccc2c1OC[C@@H](C(=O)NCCS(=O)(=O)C(C)C)C2. The van der Waals surface area contributed by atoms with E-state index in [1.165, 1.54) is 0 Å². The maximum atomic E-state index is 12.2. The fraction of sp³-hybridized carbons (Fsp3) is 0.562. The molecule has 0 aliphatic carbocycles. The van der Waals surface area contributed by atoms with Crippen molar-refractivity contribution in [3.05, 3.63) is 23.8 Å². The second-order valence-electron chi connectivity index (χ2n) is 5.87. The number of nitrogens with one attached hydrogen (secondary N) is 1. The third-order valence-electron chi connectivity index (χ3n) is 3.95. The van der Waals surface area contributed by atoms with Crippen molar-refractivity contribution in [1.82, 2.24) is 5.32 Å². The Morgan fingerprint density at radius 2 is 2.17 bits per heavy atom. The molecule has 128 valence electrons. The normalized spacial score (nSPS) is 17.3. The van der Waals surface area contributed by atoms with Gasteiger partial charge in [0.1, 0.15) is 6.61 Å². The minimum Gasteiger partial charge on any atom is -0.493 e. The number of hydrogen-bond donors (Lipinski definition) is 1. The van der Waals surface area contributed by atoms with Crippen LogP contribution in [-0.4, -0.2) is 45.6 Å². The molecule has 1 amide bonds. The Balaban J connectivity index is 1.92. The van der Waals surface area contributed by atoms with Gasteiger partial charge in [0.15, 0.2) is 21.3 Å². The summed E-state index contributed by atoms with van der Waals surface area (Å²) in [6, 6.07) is 5.58.